The molecule has 140 valence electrons. The van der Waals surface area contributed by atoms with Crippen molar-refractivity contribution in [3.8, 4) is 0 Å². The summed E-state index contributed by atoms with van der Waals surface area (Å²) in [6.45, 7) is 5.26. The second-order valence-corrected chi connectivity index (χ2v) is 7.14. The molecule has 2 aromatic rings. The molecular formula is C20H25FN2O3. The number of nitrogens with zero attached hydrogens (tertiary/aromatic N) is 1. The first-order valence-electron chi connectivity index (χ1n) is 8.55. The first-order valence-corrected chi connectivity index (χ1v) is 8.55. The summed E-state index contributed by atoms with van der Waals surface area (Å²) in [4.78, 5) is 16.3. The van der Waals surface area contributed by atoms with Gasteiger partial charge in [0.2, 0.25) is 0 Å². The summed E-state index contributed by atoms with van der Waals surface area (Å²) in [7, 11) is 0. The van der Waals surface area contributed by atoms with Crippen molar-refractivity contribution in [2.45, 2.75) is 51.4 Å². The van der Waals surface area contributed by atoms with Crippen molar-refractivity contribution in [3.63, 3.8) is 0 Å². The van der Waals surface area contributed by atoms with E-state index in [1.54, 1.807) is 57.3 Å². The minimum absolute atomic E-state index is 0.139. The molecular weight excluding hydrogens is 335 g/mol. The van der Waals surface area contributed by atoms with E-state index >= 15 is 0 Å². The van der Waals surface area contributed by atoms with Gasteiger partial charge in [0.25, 0.3) is 0 Å². The van der Waals surface area contributed by atoms with Crippen LogP contribution >= 0.6 is 0 Å². The van der Waals surface area contributed by atoms with Gasteiger partial charge in [-0.1, -0.05) is 24.3 Å². The molecule has 1 aromatic heterocycles. The maximum Gasteiger partial charge on any atom is 0.407 e. The first-order chi connectivity index (χ1) is 12.2. The Labute approximate surface area is 153 Å². The number of hydrogen-bond acceptors (Lipinski definition) is 4. The number of nitrogens with one attached hydrogen (secondary N) is 1. The monoisotopic (exact) mass is 360 g/mol. The molecule has 0 aliphatic heterocycles. The van der Waals surface area contributed by atoms with E-state index in [0.717, 1.165) is 0 Å². The molecule has 0 unspecified atom stereocenters. The van der Waals surface area contributed by atoms with Gasteiger partial charge >= 0.3 is 6.09 Å². The van der Waals surface area contributed by atoms with Crippen molar-refractivity contribution in [3.05, 3.63) is 65.7 Å². The molecule has 6 heteroatoms. The lowest BCUT2D eigenvalue weighted by Gasteiger charge is -2.27. The van der Waals surface area contributed by atoms with Gasteiger partial charge < -0.3 is 15.2 Å². The van der Waals surface area contributed by atoms with Crippen molar-refractivity contribution in [1.29, 1.82) is 0 Å². The third kappa shape index (κ3) is 6.44. The fourth-order valence-electron chi connectivity index (χ4n) is 2.52. The number of aliphatic hydroxyl groups excluding tert-OH is 1. The Balaban J connectivity index is 2.14. The maximum atomic E-state index is 14.0. The molecule has 0 fully saturated rings. The lowest BCUT2D eigenvalue weighted by molar-refractivity contribution is 0.0421. The van der Waals surface area contributed by atoms with Crippen LogP contribution in [0, 0.1) is 5.82 Å². The van der Waals surface area contributed by atoms with Gasteiger partial charge in [0.1, 0.15) is 11.4 Å². The summed E-state index contributed by atoms with van der Waals surface area (Å²) < 4.78 is 19.3. The van der Waals surface area contributed by atoms with Gasteiger partial charge in [-0.15, -0.1) is 0 Å². The number of hydrogen-bond donors (Lipinski definition) is 2. The van der Waals surface area contributed by atoms with Crippen LogP contribution in [0.1, 0.15) is 32.0 Å². The number of ether oxygens (including phenoxy) is 1. The molecule has 1 heterocycles. The molecule has 2 rings (SSSR count). The van der Waals surface area contributed by atoms with Crippen LogP contribution in [0.25, 0.3) is 0 Å². The van der Waals surface area contributed by atoms with Gasteiger partial charge in [-0.2, -0.15) is 0 Å². The molecule has 0 radical (unpaired) electrons. The number of alkyl carbamates (subject to hydrolysis) is 1. The molecule has 26 heavy (non-hydrogen) atoms. The Kier molecular flexibility index (Phi) is 6.69. The molecule has 0 bridgehead atoms. The highest BCUT2D eigenvalue weighted by molar-refractivity contribution is 5.68. The Hall–Kier alpha value is -2.47. The van der Waals surface area contributed by atoms with Gasteiger partial charge in [0.15, 0.2) is 0 Å². The molecule has 0 aliphatic rings. The average molecular weight is 360 g/mol. The van der Waals surface area contributed by atoms with Crippen LogP contribution in [-0.4, -0.2) is 33.9 Å². The van der Waals surface area contributed by atoms with Crippen molar-refractivity contribution in [2.75, 3.05) is 0 Å². The van der Waals surface area contributed by atoms with Crippen LogP contribution in [0.5, 0.6) is 0 Å². The van der Waals surface area contributed by atoms with Crippen LogP contribution in [0.3, 0.4) is 0 Å². The second kappa shape index (κ2) is 8.76. The molecule has 1 aromatic carbocycles. The largest absolute Gasteiger partial charge is 0.444 e. The number of pyridine rings is 1. The van der Waals surface area contributed by atoms with Gasteiger partial charge in [0.05, 0.1) is 12.1 Å². The van der Waals surface area contributed by atoms with E-state index < -0.39 is 23.8 Å². The van der Waals surface area contributed by atoms with Crippen molar-refractivity contribution in [2.24, 2.45) is 0 Å². The highest BCUT2D eigenvalue weighted by Crippen LogP contribution is 2.14. The summed E-state index contributed by atoms with van der Waals surface area (Å²) in [5, 5.41) is 13.3. The number of aromatic nitrogens is 1. The number of carbonyl (C=O) groups excluding carboxylic acids is 1. The highest BCUT2D eigenvalue weighted by Gasteiger charge is 2.26. The smallest absolute Gasteiger partial charge is 0.407 e. The van der Waals surface area contributed by atoms with Crippen LogP contribution in [0.2, 0.25) is 0 Å². The Bertz CT molecular complexity index is 716. The quantitative estimate of drug-likeness (QED) is 0.829. The van der Waals surface area contributed by atoms with Gasteiger partial charge in [-0.25, -0.2) is 9.18 Å². The van der Waals surface area contributed by atoms with Gasteiger partial charge in [-0.3, -0.25) is 4.98 Å². The Morgan fingerprint density at radius 1 is 1.19 bits per heavy atom. The lowest BCUT2D eigenvalue weighted by atomic mass is 9.97. The third-order valence-electron chi connectivity index (χ3n) is 3.71. The van der Waals surface area contributed by atoms with Crippen LogP contribution < -0.4 is 5.32 Å². The molecule has 0 spiro atoms. The van der Waals surface area contributed by atoms with E-state index in [1.165, 1.54) is 6.07 Å². The normalized spacial score (nSPS) is 13.7. The van der Waals surface area contributed by atoms with Gasteiger partial charge in [0, 0.05) is 18.3 Å². The summed E-state index contributed by atoms with van der Waals surface area (Å²) in [5.74, 6) is -0.381. The van der Waals surface area contributed by atoms with E-state index in [-0.39, 0.29) is 18.7 Å². The lowest BCUT2D eigenvalue weighted by Crippen LogP contribution is -2.47. The second-order valence-electron chi connectivity index (χ2n) is 7.14. The molecule has 0 saturated heterocycles. The maximum absolute atomic E-state index is 14.0. The number of carbonyl (C=O) groups is 1. The predicted octanol–water partition coefficient (Wildman–Crippen LogP) is 3.26. The number of halogens is 1. The summed E-state index contributed by atoms with van der Waals surface area (Å²) in [6.07, 6.45) is 0.404. The average Bonchev–Trinajstić information content (AvgIpc) is 2.55. The van der Waals surface area contributed by atoms with Crippen LogP contribution in [-0.2, 0) is 17.6 Å². The number of amides is 1. The van der Waals surface area contributed by atoms with E-state index in [4.69, 9.17) is 4.74 Å². The summed E-state index contributed by atoms with van der Waals surface area (Å²) in [5.41, 5.74) is 0.427. The first kappa shape index (κ1) is 19.8. The zero-order valence-corrected chi connectivity index (χ0v) is 15.3. The number of benzene rings is 1. The zero-order chi connectivity index (χ0) is 19.2. The minimum Gasteiger partial charge on any atom is -0.444 e. The Morgan fingerprint density at radius 3 is 2.50 bits per heavy atom. The predicted molar refractivity (Wildman–Crippen MR) is 97.2 cm³/mol. The topological polar surface area (TPSA) is 71.5 Å². The van der Waals surface area contributed by atoms with Crippen molar-refractivity contribution < 1.29 is 19.0 Å². The summed E-state index contributed by atoms with van der Waals surface area (Å²) in [6, 6.07) is 11.0. The molecule has 2 N–H and O–H groups in total. The van der Waals surface area contributed by atoms with Crippen LogP contribution in [0.15, 0.2) is 48.7 Å². The van der Waals surface area contributed by atoms with E-state index in [0.29, 0.717) is 11.3 Å². The SMILES string of the molecule is CC(C)(C)OC(=O)N[C@H](Cc1ccccc1F)[C@H](O)Cc1ccccn1. The molecule has 5 nitrogen and oxygen atoms in total. The zero-order valence-electron chi connectivity index (χ0n) is 15.3. The molecule has 0 saturated carbocycles. The van der Waals surface area contributed by atoms with Crippen molar-refractivity contribution >= 4 is 6.09 Å². The molecule has 2 atom stereocenters. The third-order valence-corrected chi connectivity index (χ3v) is 3.71. The minimum atomic E-state index is -0.947. The standard InChI is InChI=1S/C20H25FN2O3/c1-20(2,3)26-19(25)23-17(12-14-8-4-5-10-16(14)21)18(24)13-15-9-6-7-11-22-15/h4-11,17-18,24H,12-13H2,1-3H3,(H,23,25)/t17-,18-/m1/s1. The van der Waals surface area contributed by atoms with E-state index in [1.807, 2.05) is 6.07 Å². The fourth-order valence-corrected chi connectivity index (χ4v) is 2.52. The van der Waals surface area contributed by atoms with E-state index in [9.17, 15) is 14.3 Å². The highest BCUT2D eigenvalue weighted by atomic mass is 19.1. The van der Waals surface area contributed by atoms with Crippen molar-refractivity contribution in [1.82, 2.24) is 10.3 Å². The summed E-state index contributed by atoms with van der Waals surface area (Å²) >= 11 is 0. The number of aliphatic hydroxyl groups is 1. The fraction of sp³-hybridized carbons (Fsp3) is 0.400. The van der Waals surface area contributed by atoms with Crippen LogP contribution in [0.4, 0.5) is 9.18 Å². The van der Waals surface area contributed by atoms with E-state index in [2.05, 4.69) is 10.3 Å². The molecule has 1 amide bonds. The van der Waals surface area contributed by atoms with Gasteiger partial charge in [-0.05, 0) is 51.0 Å². The number of rotatable bonds is 6. The Morgan fingerprint density at radius 2 is 1.88 bits per heavy atom. The molecule has 0 aliphatic carbocycles.